The van der Waals surface area contributed by atoms with E-state index in [-0.39, 0.29) is 5.41 Å². The Morgan fingerprint density at radius 1 is 1.21 bits per heavy atom. The molecule has 1 atom stereocenters. The highest BCUT2D eigenvalue weighted by atomic mass is 79.9. The summed E-state index contributed by atoms with van der Waals surface area (Å²) in [7, 11) is 0. The fraction of sp³-hybridized carbons (Fsp3) is 0.375. The lowest BCUT2D eigenvalue weighted by atomic mass is 9.82. The summed E-state index contributed by atoms with van der Waals surface area (Å²) in [5, 5.41) is 12.6. The van der Waals surface area contributed by atoms with Gasteiger partial charge in [-0.25, -0.2) is 0 Å². The predicted molar refractivity (Wildman–Crippen MR) is 85.8 cm³/mol. The van der Waals surface area contributed by atoms with Gasteiger partial charge in [-0.05, 0) is 43.9 Å². The minimum Gasteiger partial charge on any atom is -0.388 e. The summed E-state index contributed by atoms with van der Waals surface area (Å²) in [5.74, 6) is 0. The molecule has 19 heavy (non-hydrogen) atoms. The van der Waals surface area contributed by atoms with Crippen LogP contribution in [0.15, 0.2) is 40.2 Å². The Balaban J connectivity index is 2.29. The van der Waals surface area contributed by atoms with E-state index in [2.05, 4.69) is 42.8 Å². The quantitative estimate of drug-likeness (QED) is 0.826. The van der Waals surface area contributed by atoms with Gasteiger partial charge in [0.2, 0.25) is 0 Å². The molecule has 1 N–H and O–H groups in total. The molecule has 0 fully saturated rings. The fourth-order valence-corrected chi connectivity index (χ4v) is 3.78. The molecule has 1 aromatic heterocycles. The smallest absolute Gasteiger partial charge is 0.0841 e. The van der Waals surface area contributed by atoms with Crippen molar-refractivity contribution < 1.29 is 5.11 Å². The van der Waals surface area contributed by atoms with Crippen LogP contribution in [0.2, 0.25) is 0 Å². The third-order valence-corrected chi connectivity index (χ3v) is 5.15. The standard InChI is InChI=1S/C16H19BrOS/c1-16(2,3)12-7-5-4-6-11(12)14(18)10-15-13(17)8-9-19-15/h4-9,14,18H,10H2,1-3H3. The number of thiophene rings is 1. The van der Waals surface area contributed by atoms with Crippen LogP contribution in [0.25, 0.3) is 0 Å². The van der Waals surface area contributed by atoms with Crippen LogP contribution < -0.4 is 0 Å². The normalized spacial score (nSPS) is 13.5. The maximum atomic E-state index is 10.5. The largest absolute Gasteiger partial charge is 0.388 e. The zero-order valence-electron chi connectivity index (χ0n) is 11.5. The Morgan fingerprint density at radius 3 is 2.47 bits per heavy atom. The highest BCUT2D eigenvalue weighted by Crippen LogP contribution is 2.33. The number of aliphatic hydroxyl groups is 1. The van der Waals surface area contributed by atoms with Gasteiger partial charge >= 0.3 is 0 Å². The van der Waals surface area contributed by atoms with Crippen molar-refractivity contribution in [3.63, 3.8) is 0 Å². The van der Waals surface area contributed by atoms with E-state index < -0.39 is 6.10 Å². The van der Waals surface area contributed by atoms with E-state index >= 15 is 0 Å². The van der Waals surface area contributed by atoms with Crippen molar-refractivity contribution in [2.24, 2.45) is 0 Å². The van der Waals surface area contributed by atoms with Gasteiger partial charge in [-0.3, -0.25) is 0 Å². The van der Waals surface area contributed by atoms with E-state index in [1.54, 1.807) is 11.3 Å². The first-order valence-corrected chi connectivity index (χ1v) is 8.06. The van der Waals surface area contributed by atoms with E-state index in [9.17, 15) is 5.11 Å². The molecule has 0 amide bonds. The maximum absolute atomic E-state index is 10.5. The van der Waals surface area contributed by atoms with Crippen molar-refractivity contribution in [2.75, 3.05) is 0 Å². The first kappa shape index (κ1) is 14.8. The first-order chi connectivity index (χ1) is 8.89. The Bertz CT molecular complexity index is 554. The van der Waals surface area contributed by atoms with Crippen molar-refractivity contribution >= 4 is 27.3 Å². The van der Waals surface area contributed by atoms with Crippen molar-refractivity contribution in [2.45, 2.75) is 38.7 Å². The molecule has 1 unspecified atom stereocenters. The molecule has 0 radical (unpaired) electrons. The van der Waals surface area contributed by atoms with Crippen LogP contribution in [0.1, 0.15) is 42.9 Å². The van der Waals surface area contributed by atoms with Gasteiger partial charge in [-0.15, -0.1) is 11.3 Å². The third-order valence-electron chi connectivity index (χ3n) is 3.20. The van der Waals surface area contributed by atoms with Gasteiger partial charge in [0.15, 0.2) is 0 Å². The van der Waals surface area contributed by atoms with Gasteiger partial charge in [-0.1, -0.05) is 45.0 Å². The van der Waals surface area contributed by atoms with E-state index in [1.165, 1.54) is 10.4 Å². The van der Waals surface area contributed by atoms with Crippen LogP contribution >= 0.6 is 27.3 Å². The van der Waals surface area contributed by atoms with Gasteiger partial charge in [0.1, 0.15) is 0 Å². The molecular formula is C16H19BrOS. The lowest BCUT2D eigenvalue weighted by molar-refractivity contribution is 0.177. The van der Waals surface area contributed by atoms with E-state index in [0.717, 1.165) is 10.0 Å². The number of rotatable bonds is 3. The van der Waals surface area contributed by atoms with Crippen LogP contribution in [0.3, 0.4) is 0 Å². The van der Waals surface area contributed by atoms with E-state index in [1.807, 2.05) is 29.6 Å². The second kappa shape index (κ2) is 5.78. The van der Waals surface area contributed by atoms with Crippen LogP contribution in [0.4, 0.5) is 0 Å². The predicted octanol–water partition coefficient (Wildman–Crippen LogP) is 5.08. The Labute approximate surface area is 127 Å². The molecule has 2 aromatic rings. The van der Waals surface area contributed by atoms with Crippen LogP contribution in [-0.4, -0.2) is 5.11 Å². The number of hydrogen-bond acceptors (Lipinski definition) is 2. The molecule has 1 nitrogen and oxygen atoms in total. The fourth-order valence-electron chi connectivity index (χ4n) is 2.23. The van der Waals surface area contributed by atoms with Crippen LogP contribution in [0.5, 0.6) is 0 Å². The van der Waals surface area contributed by atoms with Crippen molar-refractivity contribution in [3.8, 4) is 0 Å². The van der Waals surface area contributed by atoms with Gasteiger partial charge in [0.25, 0.3) is 0 Å². The number of hydrogen-bond donors (Lipinski definition) is 1. The zero-order valence-corrected chi connectivity index (χ0v) is 13.9. The summed E-state index contributed by atoms with van der Waals surface area (Å²) in [6.07, 6.45) is 0.205. The summed E-state index contributed by atoms with van der Waals surface area (Å²) in [6, 6.07) is 10.2. The van der Waals surface area contributed by atoms with Gasteiger partial charge in [0.05, 0.1) is 6.10 Å². The summed E-state index contributed by atoms with van der Waals surface area (Å²) in [6.45, 7) is 6.54. The minimum atomic E-state index is -0.453. The van der Waals surface area contributed by atoms with Gasteiger partial charge in [-0.2, -0.15) is 0 Å². The molecule has 1 aromatic carbocycles. The molecule has 0 spiro atoms. The SMILES string of the molecule is CC(C)(C)c1ccccc1C(O)Cc1sccc1Br. The first-order valence-electron chi connectivity index (χ1n) is 6.39. The van der Waals surface area contributed by atoms with Crippen LogP contribution in [0, 0.1) is 0 Å². The average Bonchev–Trinajstić information content (AvgIpc) is 2.74. The minimum absolute atomic E-state index is 0.0459. The molecule has 0 aliphatic rings. The zero-order chi connectivity index (χ0) is 14.0. The molecule has 0 saturated heterocycles. The Hall–Kier alpha value is -0.640. The summed E-state index contributed by atoms with van der Waals surface area (Å²) in [5.41, 5.74) is 2.30. The highest BCUT2D eigenvalue weighted by molar-refractivity contribution is 9.10. The van der Waals surface area contributed by atoms with E-state index in [0.29, 0.717) is 6.42 Å². The molecule has 0 bridgehead atoms. The van der Waals surface area contributed by atoms with Crippen LogP contribution in [-0.2, 0) is 11.8 Å². The second-order valence-electron chi connectivity index (χ2n) is 5.75. The monoisotopic (exact) mass is 338 g/mol. The van der Waals surface area contributed by atoms with E-state index in [4.69, 9.17) is 0 Å². The second-order valence-corrected chi connectivity index (χ2v) is 7.60. The molecule has 3 heteroatoms. The topological polar surface area (TPSA) is 20.2 Å². The summed E-state index contributed by atoms with van der Waals surface area (Å²) in [4.78, 5) is 1.19. The van der Waals surface area contributed by atoms with Gasteiger partial charge < -0.3 is 5.11 Å². The Morgan fingerprint density at radius 2 is 1.89 bits per heavy atom. The number of halogens is 1. The molecular weight excluding hydrogens is 320 g/mol. The third kappa shape index (κ3) is 3.47. The maximum Gasteiger partial charge on any atom is 0.0841 e. The van der Waals surface area contributed by atoms with Crippen molar-refractivity contribution in [3.05, 3.63) is 56.2 Å². The lowest BCUT2D eigenvalue weighted by Gasteiger charge is -2.25. The average molecular weight is 339 g/mol. The molecule has 2 rings (SSSR count). The molecule has 102 valence electrons. The summed E-state index contributed by atoms with van der Waals surface area (Å²) < 4.78 is 1.09. The molecule has 0 aliphatic heterocycles. The van der Waals surface area contributed by atoms with Gasteiger partial charge in [0, 0.05) is 15.8 Å². The molecule has 0 saturated carbocycles. The molecule has 0 aliphatic carbocycles. The highest BCUT2D eigenvalue weighted by Gasteiger charge is 2.22. The van der Waals surface area contributed by atoms with Crippen molar-refractivity contribution in [1.29, 1.82) is 0 Å². The van der Waals surface area contributed by atoms with Crippen molar-refractivity contribution in [1.82, 2.24) is 0 Å². The lowest BCUT2D eigenvalue weighted by Crippen LogP contribution is -2.16. The number of benzene rings is 1. The summed E-state index contributed by atoms with van der Waals surface area (Å²) >= 11 is 5.20. The number of aliphatic hydroxyl groups excluding tert-OH is 1. The molecule has 1 heterocycles. The Kier molecular flexibility index (Phi) is 4.49.